The van der Waals surface area contributed by atoms with Crippen LogP contribution in [0.25, 0.3) is 0 Å². The molecule has 0 spiro atoms. The highest BCUT2D eigenvalue weighted by Crippen LogP contribution is 2.23. The number of hydrogen-bond acceptors (Lipinski definition) is 3. The van der Waals surface area contributed by atoms with E-state index in [4.69, 9.17) is 23.2 Å². The van der Waals surface area contributed by atoms with Gasteiger partial charge in [-0.15, -0.1) is 11.8 Å². The third-order valence-corrected chi connectivity index (χ3v) is 2.02. The molecule has 0 bridgehead atoms. The predicted octanol–water partition coefficient (Wildman–Crippen LogP) is 2.64. The summed E-state index contributed by atoms with van der Waals surface area (Å²) in [5.74, 6) is -0.622. The molecule has 0 unspecified atom stereocenters. The minimum Gasteiger partial charge on any atom is -0.208 e. The van der Waals surface area contributed by atoms with E-state index in [0.717, 1.165) is 11.8 Å². The van der Waals surface area contributed by atoms with E-state index in [9.17, 15) is 4.39 Å². The fourth-order valence-corrected chi connectivity index (χ4v) is 1.45. The quantitative estimate of drug-likeness (QED) is 0.407. The summed E-state index contributed by atoms with van der Waals surface area (Å²) in [7, 11) is 0. The fourth-order valence-electron chi connectivity index (χ4n) is 0.511. The van der Waals surface area contributed by atoms with E-state index in [0.29, 0.717) is 0 Å². The van der Waals surface area contributed by atoms with Gasteiger partial charge in [0.2, 0.25) is 5.28 Å². The van der Waals surface area contributed by atoms with E-state index in [2.05, 4.69) is 9.97 Å². The van der Waals surface area contributed by atoms with Crippen LogP contribution in [0.1, 0.15) is 0 Å². The lowest BCUT2D eigenvalue weighted by Crippen LogP contribution is -1.92. The number of hydrogen-bond donors (Lipinski definition) is 0. The van der Waals surface area contributed by atoms with E-state index in [1.165, 1.54) is 0 Å². The van der Waals surface area contributed by atoms with Crippen molar-refractivity contribution in [3.8, 4) is 0 Å². The highest BCUT2D eigenvalue weighted by molar-refractivity contribution is 7.98. The standard InChI is InChI=1S/C5H3Cl2FN2S/c1-11-4-2(8)3(6)9-5(7)10-4/h1H3. The molecule has 1 heterocycles. The number of halogens is 3. The van der Waals surface area contributed by atoms with Crippen molar-refractivity contribution in [3.05, 3.63) is 16.3 Å². The predicted molar refractivity (Wildman–Crippen MR) is 43.8 cm³/mol. The zero-order chi connectivity index (χ0) is 8.43. The Bertz CT molecular complexity index is 281. The molecule has 0 N–H and O–H groups in total. The lowest BCUT2D eigenvalue weighted by molar-refractivity contribution is 0.580. The Labute approximate surface area is 77.1 Å². The Morgan fingerprint density at radius 2 is 2.00 bits per heavy atom. The van der Waals surface area contributed by atoms with Gasteiger partial charge < -0.3 is 0 Å². The van der Waals surface area contributed by atoms with Crippen LogP contribution in [0.3, 0.4) is 0 Å². The molecule has 0 saturated heterocycles. The molecule has 0 atom stereocenters. The van der Waals surface area contributed by atoms with Crippen LogP contribution in [0.4, 0.5) is 4.39 Å². The molecular formula is C5H3Cl2FN2S. The maximum Gasteiger partial charge on any atom is 0.225 e. The molecule has 1 rings (SSSR count). The van der Waals surface area contributed by atoms with E-state index in [-0.39, 0.29) is 15.5 Å². The van der Waals surface area contributed by atoms with Gasteiger partial charge in [-0.1, -0.05) is 11.6 Å². The van der Waals surface area contributed by atoms with Crippen LogP contribution in [-0.2, 0) is 0 Å². The van der Waals surface area contributed by atoms with Gasteiger partial charge >= 0.3 is 0 Å². The molecule has 60 valence electrons. The first-order valence-electron chi connectivity index (χ1n) is 2.57. The second-order valence-electron chi connectivity index (χ2n) is 1.61. The smallest absolute Gasteiger partial charge is 0.208 e. The zero-order valence-electron chi connectivity index (χ0n) is 5.44. The van der Waals surface area contributed by atoms with Crippen molar-refractivity contribution in [1.82, 2.24) is 9.97 Å². The first kappa shape index (κ1) is 9.03. The van der Waals surface area contributed by atoms with Crippen molar-refractivity contribution in [3.63, 3.8) is 0 Å². The van der Waals surface area contributed by atoms with Gasteiger partial charge in [0, 0.05) is 0 Å². The lowest BCUT2D eigenvalue weighted by Gasteiger charge is -1.98. The van der Waals surface area contributed by atoms with Crippen LogP contribution in [0, 0.1) is 5.82 Å². The highest BCUT2D eigenvalue weighted by Gasteiger charge is 2.10. The van der Waals surface area contributed by atoms with Crippen LogP contribution >= 0.6 is 35.0 Å². The molecule has 11 heavy (non-hydrogen) atoms. The molecule has 0 aliphatic heterocycles. The van der Waals surface area contributed by atoms with Crippen molar-refractivity contribution in [2.45, 2.75) is 5.03 Å². The number of thioether (sulfide) groups is 1. The monoisotopic (exact) mass is 212 g/mol. The average Bonchev–Trinajstić information content (AvgIpc) is 1.96. The summed E-state index contributed by atoms with van der Waals surface area (Å²) < 4.78 is 12.8. The average molecular weight is 213 g/mol. The first-order chi connectivity index (χ1) is 5.15. The van der Waals surface area contributed by atoms with Crippen LogP contribution in [0.15, 0.2) is 5.03 Å². The SMILES string of the molecule is CSc1nc(Cl)nc(Cl)c1F. The molecular weight excluding hydrogens is 210 g/mol. The molecule has 6 heteroatoms. The Balaban J connectivity index is 3.24. The van der Waals surface area contributed by atoms with Gasteiger partial charge in [0.25, 0.3) is 0 Å². The van der Waals surface area contributed by atoms with Gasteiger partial charge in [-0.2, -0.15) is 0 Å². The Morgan fingerprint density at radius 1 is 1.36 bits per heavy atom. The summed E-state index contributed by atoms with van der Waals surface area (Å²) in [4.78, 5) is 7.02. The van der Waals surface area contributed by atoms with Crippen molar-refractivity contribution in [2.75, 3.05) is 6.26 Å². The molecule has 0 radical (unpaired) electrons. The van der Waals surface area contributed by atoms with Crippen molar-refractivity contribution in [1.29, 1.82) is 0 Å². The molecule has 0 amide bonds. The van der Waals surface area contributed by atoms with Crippen LogP contribution < -0.4 is 0 Å². The molecule has 0 saturated carbocycles. The van der Waals surface area contributed by atoms with Gasteiger partial charge in [0.05, 0.1) is 0 Å². The first-order valence-corrected chi connectivity index (χ1v) is 4.55. The maximum absolute atomic E-state index is 12.8. The second-order valence-corrected chi connectivity index (χ2v) is 3.10. The Morgan fingerprint density at radius 3 is 2.55 bits per heavy atom. The lowest BCUT2D eigenvalue weighted by atomic mass is 10.6. The molecule has 2 nitrogen and oxygen atoms in total. The zero-order valence-corrected chi connectivity index (χ0v) is 7.76. The van der Waals surface area contributed by atoms with Gasteiger partial charge in [-0.3, -0.25) is 0 Å². The summed E-state index contributed by atoms with van der Waals surface area (Å²) in [5.41, 5.74) is 0. The summed E-state index contributed by atoms with van der Waals surface area (Å²) in [6.45, 7) is 0. The van der Waals surface area contributed by atoms with Gasteiger partial charge in [-0.25, -0.2) is 14.4 Å². The molecule has 0 fully saturated rings. The van der Waals surface area contributed by atoms with Crippen molar-refractivity contribution < 1.29 is 4.39 Å². The Kier molecular flexibility index (Phi) is 2.92. The molecule has 0 aromatic carbocycles. The van der Waals surface area contributed by atoms with Gasteiger partial charge in [0.15, 0.2) is 11.0 Å². The summed E-state index contributed by atoms with van der Waals surface area (Å²) >= 11 is 11.9. The number of rotatable bonds is 1. The summed E-state index contributed by atoms with van der Waals surface area (Å²) in [6.07, 6.45) is 1.68. The third-order valence-electron chi connectivity index (χ3n) is 0.946. The summed E-state index contributed by atoms with van der Waals surface area (Å²) in [6, 6.07) is 0. The van der Waals surface area contributed by atoms with E-state index in [1.807, 2.05) is 0 Å². The minimum atomic E-state index is -0.622. The molecule has 1 aromatic rings. The van der Waals surface area contributed by atoms with E-state index >= 15 is 0 Å². The molecule has 1 aromatic heterocycles. The van der Waals surface area contributed by atoms with Crippen molar-refractivity contribution >= 4 is 35.0 Å². The molecule has 0 aliphatic rings. The highest BCUT2D eigenvalue weighted by atomic mass is 35.5. The topological polar surface area (TPSA) is 25.8 Å². The van der Waals surface area contributed by atoms with Crippen molar-refractivity contribution in [2.24, 2.45) is 0 Å². The third kappa shape index (κ3) is 1.95. The number of nitrogens with zero attached hydrogens (tertiary/aromatic N) is 2. The van der Waals surface area contributed by atoms with Crippen LogP contribution in [0.5, 0.6) is 0 Å². The van der Waals surface area contributed by atoms with E-state index in [1.54, 1.807) is 6.26 Å². The van der Waals surface area contributed by atoms with Crippen LogP contribution in [0.2, 0.25) is 10.4 Å². The largest absolute Gasteiger partial charge is 0.225 e. The van der Waals surface area contributed by atoms with Crippen LogP contribution in [-0.4, -0.2) is 16.2 Å². The number of aromatic nitrogens is 2. The minimum absolute atomic E-state index is 0.0410. The maximum atomic E-state index is 12.8. The molecule has 0 aliphatic carbocycles. The second kappa shape index (κ2) is 3.56. The van der Waals surface area contributed by atoms with Gasteiger partial charge in [0.1, 0.15) is 5.03 Å². The van der Waals surface area contributed by atoms with E-state index < -0.39 is 5.82 Å². The van der Waals surface area contributed by atoms with Gasteiger partial charge in [-0.05, 0) is 17.9 Å². The fraction of sp³-hybridized carbons (Fsp3) is 0.200. The summed E-state index contributed by atoms with van der Waals surface area (Å²) in [5, 5.41) is -0.120. The Hall–Kier alpha value is -0.0600. The normalized spacial score (nSPS) is 10.2.